The molecule has 0 aromatic carbocycles. The predicted molar refractivity (Wildman–Crippen MR) is 65.5 cm³/mol. The molecule has 4 heteroatoms. The Morgan fingerprint density at radius 2 is 2.29 bits per heavy atom. The lowest BCUT2D eigenvalue weighted by atomic mass is 10.1. The molecule has 0 saturated carbocycles. The molecule has 0 amide bonds. The third kappa shape index (κ3) is 2.71. The van der Waals surface area contributed by atoms with E-state index in [9.17, 15) is 5.11 Å². The lowest BCUT2D eigenvalue weighted by Gasteiger charge is -2.11. The van der Waals surface area contributed by atoms with Gasteiger partial charge in [-0.2, -0.15) is 5.10 Å². The van der Waals surface area contributed by atoms with Crippen molar-refractivity contribution in [3.8, 4) is 0 Å². The van der Waals surface area contributed by atoms with Crippen LogP contribution in [0.4, 0.5) is 0 Å². The van der Waals surface area contributed by atoms with Gasteiger partial charge in [-0.15, -0.1) is 0 Å². The van der Waals surface area contributed by atoms with Crippen LogP contribution in [0.25, 0.3) is 0 Å². The van der Waals surface area contributed by atoms with Gasteiger partial charge in [0.25, 0.3) is 0 Å². The molecule has 17 heavy (non-hydrogen) atoms. The Hall–Kier alpha value is -1.68. The predicted octanol–water partition coefficient (Wildman–Crippen LogP) is 1.88. The first-order valence-corrected chi connectivity index (χ1v) is 5.82. The second-order valence-electron chi connectivity index (χ2n) is 4.10. The zero-order valence-corrected chi connectivity index (χ0v) is 10.2. The van der Waals surface area contributed by atoms with Gasteiger partial charge in [0.05, 0.1) is 11.8 Å². The number of rotatable bonds is 4. The average Bonchev–Trinajstić information content (AvgIpc) is 2.70. The van der Waals surface area contributed by atoms with E-state index in [0.29, 0.717) is 6.42 Å². The molecule has 0 aliphatic carbocycles. The monoisotopic (exact) mass is 231 g/mol. The van der Waals surface area contributed by atoms with E-state index in [4.69, 9.17) is 0 Å². The topological polar surface area (TPSA) is 50.9 Å². The second kappa shape index (κ2) is 5.10. The number of aromatic nitrogens is 3. The molecule has 90 valence electrons. The van der Waals surface area contributed by atoms with Crippen LogP contribution >= 0.6 is 0 Å². The van der Waals surface area contributed by atoms with E-state index < -0.39 is 6.10 Å². The first kappa shape index (κ1) is 11.8. The third-order valence-corrected chi connectivity index (χ3v) is 2.76. The van der Waals surface area contributed by atoms with E-state index in [0.717, 1.165) is 23.5 Å². The summed E-state index contributed by atoms with van der Waals surface area (Å²) in [6.45, 7) is 4.83. The summed E-state index contributed by atoms with van der Waals surface area (Å²) in [6.07, 6.45) is 3.45. The zero-order chi connectivity index (χ0) is 12.3. The van der Waals surface area contributed by atoms with Crippen molar-refractivity contribution in [3.05, 3.63) is 47.5 Å². The van der Waals surface area contributed by atoms with Gasteiger partial charge in [-0.3, -0.25) is 9.67 Å². The average molecular weight is 231 g/mol. The third-order valence-electron chi connectivity index (χ3n) is 2.76. The molecule has 1 atom stereocenters. The number of aliphatic hydroxyl groups excluding tert-OH is 1. The fourth-order valence-corrected chi connectivity index (χ4v) is 1.93. The smallest absolute Gasteiger partial charge is 0.0860 e. The first-order valence-electron chi connectivity index (χ1n) is 5.82. The summed E-state index contributed by atoms with van der Waals surface area (Å²) in [4.78, 5) is 4.01. The highest BCUT2D eigenvalue weighted by molar-refractivity contribution is 5.17. The van der Waals surface area contributed by atoms with Gasteiger partial charge in [-0.05, 0) is 31.5 Å². The van der Waals surface area contributed by atoms with Crippen molar-refractivity contribution in [3.63, 3.8) is 0 Å². The van der Waals surface area contributed by atoms with Crippen LogP contribution in [0.2, 0.25) is 0 Å². The normalized spacial score (nSPS) is 12.6. The molecule has 0 spiro atoms. The summed E-state index contributed by atoms with van der Waals surface area (Å²) in [5, 5.41) is 14.5. The molecule has 2 rings (SSSR count). The number of hydrogen-bond donors (Lipinski definition) is 1. The van der Waals surface area contributed by atoms with Crippen LogP contribution in [0.1, 0.15) is 30.0 Å². The minimum Gasteiger partial charge on any atom is -0.388 e. The van der Waals surface area contributed by atoms with E-state index >= 15 is 0 Å². The van der Waals surface area contributed by atoms with Crippen LogP contribution in [-0.2, 0) is 13.0 Å². The fourth-order valence-electron chi connectivity index (χ4n) is 1.93. The summed E-state index contributed by atoms with van der Waals surface area (Å²) in [5.74, 6) is 0. The molecule has 2 heterocycles. The number of pyridine rings is 1. The van der Waals surface area contributed by atoms with E-state index in [1.54, 1.807) is 12.4 Å². The summed E-state index contributed by atoms with van der Waals surface area (Å²) < 4.78 is 1.93. The van der Waals surface area contributed by atoms with Crippen LogP contribution in [0.3, 0.4) is 0 Å². The molecule has 0 fully saturated rings. The Bertz CT molecular complexity index is 479. The summed E-state index contributed by atoms with van der Waals surface area (Å²) in [7, 11) is 0. The molecule has 4 nitrogen and oxygen atoms in total. The zero-order valence-electron chi connectivity index (χ0n) is 10.2. The molecule has 0 radical (unpaired) electrons. The van der Waals surface area contributed by atoms with Gasteiger partial charge in [0.15, 0.2) is 0 Å². The molecule has 2 aromatic rings. The van der Waals surface area contributed by atoms with Crippen molar-refractivity contribution in [2.75, 3.05) is 0 Å². The van der Waals surface area contributed by atoms with Gasteiger partial charge in [-0.25, -0.2) is 0 Å². The van der Waals surface area contributed by atoms with E-state index in [2.05, 4.69) is 10.1 Å². The highest BCUT2D eigenvalue weighted by Crippen LogP contribution is 2.17. The highest BCUT2D eigenvalue weighted by atomic mass is 16.3. The van der Waals surface area contributed by atoms with Crippen molar-refractivity contribution in [2.24, 2.45) is 0 Å². The standard InChI is InChI=1S/C13H17N3O/c1-3-16-12(7-10(2)15-16)8-13(17)11-5-4-6-14-9-11/h4-7,9,13,17H,3,8H2,1-2H3. The Labute approximate surface area is 101 Å². The summed E-state index contributed by atoms with van der Waals surface area (Å²) >= 11 is 0. The van der Waals surface area contributed by atoms with E-state index in [1.807, 2.05) is 36.7 Å². The van der Waals surface area contributed by atoms with Crippen LogP contribution in [0.15, 0.2) is 30.6 Å². The minimum atomic E-state index is -0.523. The van der Waals surface area contributed by atoms with E-state index in [-0.39, 0.29) is 0 Å². The molecule has 2 aromatic heterocycles. The van der Waals surface area contributed by atoms with Crippen LogP contribution in [0, 0.1) is 6.92 Å². The maximum absolute atomic E-state index is 10.1. The molecular formula is C13H17N3O. The van der Waals surface area contributed by atoms with Gasteiger partial charge in [0.1, 0.15) is 0 Å². The van der Waals surface area contributed by atoms with Gasteiger partial charge in [0.2, 0.25) is 0 Å². The Kier molecular flexibility index (Phi) is 3.54. The van der Waals surface area contributed by atoms with Crippen LogP contribution in [-0.4, -0.2) is 19.9 Å². The lowest BCUT2D eigenvalue weighted by Crippen LogP contribution is -2.08. The van der Waals surface area contributed by atoms with E-state index in [1.165, 1.54) is 0 Å². The molecular weight excluding hydrogens is 214 g/mol. The molecule has 1 unspecified atom stereocenters. The molecule has 0 aliphatic heterocycles. The summed E-state index contributed by atoms with van der Waals surface area (Å²) in [6, 6.07) is 5.74. The number of aliphatic hydroxyl groups is 1. The van der Waals surface area contributed by atoms with Gasteiger partial charge in [-0.1, -0.05) is 6.07 Å². The molecule has 0 aliphatic rings. The van der Waals surface area contributed by atoms with Crippen LogP contribution in [0.5, 0.6) is 0 Å². The van der Waals surface area contributed by atoms with Crippen molar-refractivity contribution < 1.29 is 5.11 Å². The molecule has 1 N–H and O–H groups in total. The van der Waals surface area contributed by atoms with Crippen molar-refractivity contribution >= 4 is 0 Å². The maximum Gasteiger partial charge on any atom is 0.0860 e. The van der Waals surface area contributed by atoms with Crippen molar-refractivity contribution in [1.82, 2.24) is 14.8 Å². The van der Waals surface area contributed by atoms with Crippen LogP contribution < -0.4 is 0 Å². The maximum atomic E-state index is 10.1. The largest absolute Gasteiger partial charge is 0.388 e. The number of aryl methyl sites for hydroxylation is 2. The Balaban J connectivity index is 2.15. The Morgan fingerprint density at radius 3 is 2.94 bits per heavy atom. The summed E-state index contributed by atoms with van der Waals surface area (Å²) in [5.41, 5.74) is 2.88. The quantitative estimate of drug-likeness (QED) is 0.874. The lowest BCUT2D eigenvalue weighted by molar-refractivity contribution is 0.175. The van der Waals surface area contributed by atoms with Gasteiger partial charge >= 0.3 is 0 Å². The second-order valence-corrected chi connectivity index (χ2v) is 4.10. The minimum absolute atomic E-state index is 0.523. The Morgan fingerprint density at radius 1 is 1.47 bits per heavy atom. The van der Waals surface area contributed by atoms with Gasteiger partial charge < -0.3 is 5.11 Å². The number of nitrogens with zero attached hydrogens (tertiary/aromatic N) is 3. The highest BCUT2D eigenvalue weighted by Gasteiger charge is 2.12. The van der Waals surface area contributed by atoms with Gasteiger partial charge in [0, 0.05) is 31.1 Å². The molecule has 0 bridgehead atoms. The fraction of sp³-hybridized carbons (Fsp3) is 0.385. The number of hydrogen-bond acceptors (Lipinski definition) is 3. The van der Waals surface area contributed by atoms with Crippen molar-refractivity contribution in [2.45, 2.75) is 32.9 Å². The molecule has 0 saturated heterocycles. The first-order chi connectivity index (χ1) is 8.20. The SMILES string of the molecule is CCn1nc(C)cc1CC(O)c1cccnc1. The van der Waals surface area contributed by atoms with Crippen molar-refractivity contribution in [1.29, 1.82) is 0 Å².